The molecule has 2 N–H and O–H groups in total. The van der Waals surface area contributed by atoms with Crippen LogP contribution < -0.4 is 14.8 Å². The molecule has 0 aromatic heterocycles. The number of methoxy groups -OCH3 is 2. The molecule has 4 nitrogen and oxygen atoms in total. The quantitative estimate of drug-likeness (QED) is 0.901. The highest BCUT2D eigenvalue weighted by molar-refractivity contribution is 9.10. The Morgan fingerprint density at radius 3 is 2.71 bits per heavy atom. The van der Waals surface area contributed by atoms with Crippen molar-refractivity contribution in [3.05, 3.63) is 16.1 Å². The lowest BCUT2D eigenvalue weighted by molar-refractivity contribution is 0.347. The van der Waals surface area contributed by atoms with E-state index in [-0.39, 0.29) is 11.8 Å². The molecule has 1 aliphatic heterocycles. The Kier molecular flexibility index (Phi) is 3.79. The standard InChI is InChI=1S/C12H16BrNO3/c1-16-9-6-8(15)10(7-4-3-5-14-7)11(13)12(9)17-2/h6-7,14-15H,3-5H2,1-2H3. The van der Waals surface area contributed by atoms with Gasteiger partial charge in [-0.15, -0.1) is 0 Å². The minimum absolute atomic E-state index is 0.171. The summed E-state index contributed by atoms with van der Waals surface area (Å²) in [5.41, 5.74) is 0.847. The first kappa shape index (κ1) is 12.5. The van der Waals surface area contributed by atoms with Gasteiger partial charge in [-0.2, -0.15) is 0 Å². The summed E-state index contributed by atoms with van der Waals surface area (Å²) >= 11 is 3.49. The Labute approximate surface area is 109 Å². The maximum absolute atomic E-state index is 10.1. The van der Waals surface area contributed by atoms with Gasteiger partial charge in [0, 0.05) is 17.7 Å². The zero-order valence-electron chi connectivity index (χ0n) is 9.92. The normalized spacial score (nSPS) is 19.4. The van der Waals surface area contributed by atoms with E-state index in [9.17, 15) is 5.11 Å². The van der Waals surface area contributed by atoms with E-state index >= 15 is 0 Å². The highest BCUT2D eigenvalue weighted by Gasteiger charge is 2.26. The van der Waals surface area contributed by atoms with Crippen molar-refractivity contribution in [2.45, 2.75) is 18.9 Å². The summed E-state index contributed by atoms with van der Waals surface area (Å²) in [6.07, 6.45) is 2.13. The van der Waals surface area contributed by atoms with Crippen LogP contribution in [0.25, 0.3) is 0 Å². The van der Waals surface area contributed by atoms with Crippen LogP contribution in [0.3, 0.4) is 0 Å². The van der Waals surface area contributed by atoms with Gasteiger partial charge in [-0.25, -0.2) is 0 Å². The average molecular weight is 302 g/mol. The van der Waals surface area contributed by atoms with Crippen molar-refractivity contribution in [1.82, 2.24) is 5.32 Å². The van der Waals surface area contributed by atoms with E-state index < -0.39 is 0 Å². The third-order valence-corrected chi connectivity index (χ3v) is 3.82. The van der Waals surface area contributed by atoms with Crippen LogP contribution in [0.5, 0.6) is 17.2 Å². The molecule has 94 valence electrons. The van der Waals surface area contributed by atoms with Gasteiger partial charge in [-0.3, -0.25) is 0 Å². The summed E-state index contributed by atoms with van der Waals surface area (Å²) < 4.78 is 11.3. The second-order valence-electron chi connectivity index (χ2n) is 4.01. The van der Waals surface area contributed by atoms with E-state index in [1.54, 1.807) is 20.3 Å². The van der Waals surface area contributed by atoms with E-state index in [0.717, 1.165) is 29.4 Å². The Morgan fingerprint density at radius 1 is 1.41 bits per heavy atom. The van der Waals surface area contributed by atoms with Gasteiger partial charge < -0.3 is 19.9 Å². The van der Waals surface area contributed by atoms with E-state index in [4.69, 9.17) is 9.47 Å². The molecule has 0 aliphatic carbocycles. The first-order chi connectivity index (χ1) is 8.19. The van der Waals surface area contributed by atoms with Gasteiger partial charge in [-0.05, 0) is 35.3 Å². The van der Waals surface area contributed by atoms with Gasteiger partial charge in [0.25, 0.3) is 0 Å². The molecule has 1 unspecified atom stereocenters. The molecule has 0 spiro atoms. The average Bonchev–Trinajstić information content (AvgIpc) is 2.82. The highest BCUT2D eigenvalue weighted by Crippen LogP contribution is 2.46. The molecular formula is C12H16BrNO3. The topological polar surface area (TPSA) is 50.7 Å². The minimum Gasteiger partial charge on any atom is -0.507 e. The molecule has 1 aromatic rings. The zero-order valence-corrected chi connectivity index (χ0v) is 11.5. The number of phenols is 1. The number of nitrogens with one attached hydrogen (secondary N) is 1. The van der Waals surface area contributed by atoms with Crippen molar-refractivity contribution < 1.29 is 14.6 Å². The van der Waals surface area contributed by atoms with Gasteiger partial charge in [-0.1, -0.05) is 0 Å². The van der Waals surface area contributed by atoms with Crippen molar-refractivity contribution in [1.29, 1.82) is 0 Å². The van der Waals surface area contributed by atoms with Crippen molar-refractivity contribution in [3.8, 4) is 17.2 Å². The van der Waals surface area contributed by atoms with E-state index in [2.05, 4.69) is 21.2 Å². The monoisotopic (exact) mass is 301 g/mol. The molecule has 1 saturated heterocycles. The van der Waals surface area contributed by atoms with Crippen molar-refractivity contribution in [2.24, 2.45) is 0 Å². The molecule has 5 heteroatoms. The second kappa shape index (κ2) is 5.14. The smallest absolute Gasteiger partial charge is 0.175 e. The van der Waals surface area contributed by atoms with Crippen LogP contribution in [0.1, 0.15) is 24.4 Å². The third-order valence-electron chi connectivity index (χ3n) is 3.04. The summed E-state index contributed by atoms with van der Waals surface area (Å²) in [6.45, 7) is 0.977. The maximum Gasteiger partial charge on any atom is 0.175 e. The molecule has 1 fully saturated rings. The molecule has 1 atom stereocenters. The van der Waals surface area contributed by atoms with Gasteiger partial charge in [0.15, 0.2) is 11.5 Å². The highest BCUT2D eigenvalue weighted by atomic mass is 79.9. The van der Waals surface area contributed by atoms with Crippen LogP contribution in [0.15, 0.2) is 10.5 Å². The van der Waals surface area contributed by atoms with E-state index in [1.807, 2.05) is 0 Å². The maximum atomic E-state index is 10.1. The fourth-order valence-electron chi connectivity index (χ4n) is 2.21. The number of phenolic OH excluding ortho intramolecular Hbond substituents is 1. The van der Waals surface area contributed by atoms with Crippen molar-refractivity contribution in [2.75, 3.05) is 20.8 Å². The van der Waals surface area contributed by atoms with Gasteiger partial charge >= 0.3 is 0 Å². The predicted molar refractivity (Wildman–Crippen MR) is 68.9 cm³/mol. The van der Waals surface area contributed by atoms with Crippen LogP contribution in [-0.4, -0.2) is 25.9 Å². The molecule has 1 aliphatic rings. The number of ether oxygens (including phenoxy) is 2. The minimum atomic E-state index is 0.171. The largest absolute Gasteiger partial charge is 0.507 e. The van der Waals surface area contributed by atoms with Crippen molar-refractivity contribution >= 4 is 15.9 Å². The molecule has 0 radical (unpaired) electrons. The SMILES string of the molecule is COc1cc(O)c(C2CCCN2)c(Br)c1OC. The Balaban J connectivity index is 2.51. The van der Waals surface area contributed by atoms with Crippen LogP contribution in [0.4, 0.5) is 0 Å². The van der Waals surface area contributed by atoms with Gasteiger partial charge in [0.2, 0.25) is 0 Å². The fourth-order valence-corrected chi connectivity index (χ4v) is 3.05. The second-order valence-corrected chi connectivity index (χ2v) is 4.80. The first-order valence-electron chi connectivity index (χ1n) is 5.55. The van der Waals surface area contributed by atoms with Crippen LogP contribution in [0.2, 0.25) is 0 Å². The molecule has 1 heterocycles. The van der Waals surface area contributed by atoms with Crippen molar-refractivity contribution in [3.63, 3.8) is 0 Å². The molecular weight excluding hydrogens is 286 g/mol. The van der Waals surface area contributed by atoms with Crippen LogP contribution in [-0.2, 0) is 0 Å². The van der Waals surface area contributed by atoms with Crippen LogP contribution in [0, 0.1) is 0 Å². The molecule has 1 aromatic carbocycles. The number of halogens is 1. The summed E-state index contributed by atoms with van der Waals surface area (Å²) in [7, 11) is 3.14. The number of benzene rings is 1. The Hall–Kier alpha value is -0.940. The summed E-state index contributed by atoms with van der Waals surface area (Å²) in [4.78, 5) is 0. The number of hydrogen-bond donors (Lipinski definition) is 2. The molecule has 0 amide bonds. The summed E-state index contributed by atoms with van der Waals surface area (Å²) in [5, 5.41) is 13.4. The number of hydrogen-bond acceptors (Lipinski definition) is 4. The Morgan fingerprint density at radius 2 is 2.18 bits per heavy atom. The van der Waals surface area contributed by atoms with E-state index in [1.165, 1.54) is 0 Å². The lowest BCUT2D eigenvalue weighted by atomic mass is 10.0. The molecule has 2 rings (SSSR count). The molecule has 17 heavy (non-hydrogen) atoms. The fraction of sp³-hybridized carbons (Fsp3) is 0.500. The first-order valence-corrected chi connectivity index (χ1v) is 6.35. The van der Waals surface area contributed by atoms with Gasteiger partial charge in [0.05, 0.1) is 18.7 Å². The van der Waals surface area contributed by atoms with Crippen LogP contribution >= 0.6 is 15.9 Å². The predicted octanol–water partition coefficient (Wildman–Crippen LogP) is 2.60. The molecule has 0 saturated carbocycles. The van der Waals surface area contributed by atoms with E-state index in [0.29, 0.717) is 11.5 Å². The molecule has 0 bridgehead atoms. The number of rotatable bonds is 3. The lowest BCUT2D eigenvalue weighted by Gasteiger charge is -2.19. The summed E-state index contributed by atoms with van der Waals surface area (Å²) in [6, 6.07) is 1.77. The lowest BCUT2D eigenvalue weighted by Crippen LogP contribution is -2.14. The Bertz CT molecular complexity index is 417. The van der Waals surface area contributed by atoms with Gasteiger partial charge in [0.1, 0.15) is 5.75 Å². The zero-order chi connectivity index (χ0) is 12.4. The number of aromatic hydroxyl groups is 1. The summed E-state index contributed by atoms with van der Waals surface area (Å²) in [5.74, 6) is 1.38. The third kappa shape index (κ3) is 2.21.